The zero-order valence-electron chi connectivity index (χ0n) is 21.1. The summed E-state index contributed by atoms with van der Waals surface area (Å²) >= 11 is 1.30. The highest BCUT2D eigenvalue weighted by molar-refractivity contribution is 7.22. The first-order valence-electron chi connectivity index (χ1n) is 12.0. The maximum atomic E-state index is 13.5. The zero-order valence-corrected chi connectivity index (χ0v) is 21.9. The Morgan fingerprint density at radius 3 is 2.41 bits per heavy atom. The third kappa shape index (κ3) is 4.49. The number of thiazole rings is 1. The van der Waals surface area contributed by atoms with E-state index in [1.54, 1.807) is 12.1 Å². The average molecular weight is 514 g/mol. The van der Waals surface area contributed by atoms with Gasteiger partial charge < -0.3 is 9.84 Å². The van der Waals surface area contributed by atoms with Crippen LogP contribution >= 0.6 is 11.3 Å². The van der Waals surface area contributed by atoms with Gasteiger partial charge in [-0.1, -0.05) is 56.4 Å². The Bertz CT molecular complexity index is 1520. The van der Waals surface area contributed by atoms with Gasteiger partial charge in [-0.25, -0.2) is 4.98 Å². The van der Waals surface area contributed by atoms with Crippen LogP contribution in [0.15, 0.2) is 72.6 Å². The average Bonchev–Trinajstić information content (AvgIpc) is 3.41. The minimum Gasteiger partial charge on any atom is -0.507 e. The number of hydrogen-bond acceptors (Lipinski definition) is 7. The van der Waals surface area contributed by atoms with E-state index in [1.165, 1.54) is 28.6 Å². The molecule has 0 saturated carbocycles. The van der Waals surface area contributed by atoms with Gasteiger partial charge in [0.1, 0.15) is 11.5 Å². The molecular formula is C29H27N3O4S. The largest absolute Gasteiger partial charge is 0.507 e. The van der Waals surface area contributed by atoms with Crippen LogP contribution in [0.2, 0.25) is 0 Å². The summed E-state index contributed by atoms with van der Waals surface area (Å²) in [7, 11) is 0. The molecule has 2 aromatic carbocycles. The summed E-state index contributed by atoms with van der Waals surface area (Å²) in [4.78, 5) is 36.9. The molecule has 1 saturated heterocycles. The van der Waals surface area contributed by atoms with Crippen LogP contribution in [0, 0.1) is 0 Å². The molecule has 1 N–H and O–H groups in total. The van der Waals surface area contributed by atoms with Gasteiger partial charge >= 0.3 is 5.91 Å². The zero-order chi connectivity index (χ0) is 26.3. The van der Waals surface area contributed by atoms with Crippen LogP contribution in [-0.2, 0) is 15.0 Å². The Balaban J connectivity index is 1.69. The van der Waals surface area contributed by atoms with E-state index < -0.39 is 17.7 Å². The van der Waals surface area contributed by atoms with Crippen molar-refractivity contribution in [1.82, 2.24) is 9.97 Å². The Morgan fingerprint density at radius 1 is 1.05 bits per heavy atom. The third-order valence-corrected chi connectivity index (χ3v) is 7.37. The van der Waals surface area contributed by atoms with Crippen molar-refractivity contribution in [3.63, 3.8) is 0 Å². The lowest BCUT2D eigenvalue weighted by atomic mass is 9.85. The number of aromatic nitrogens is 2. The molecule has 3 heterocycles. The van der Waals surface area contributed by atoms with Crippen molar-refractivity contribution in [2.45, 2.75) is 39.2 Å². The lowest BCUT2D eigenvalue weighted by Crippen LogP contribution is -2.29. The Morgan fingerprint density at radius 2 is 1.76 bits per heavy atom. The third-order valence-electron chi connectivity index (χ3n) is 6.36. The van der Waals surface area contributed by atoms with Crippen LogP contribution in [0.3, 0.4) is 0 Å². The van der Waals surface area contributed by atoms with Gasteiger partial charge in [0.2, 0.25) is 0 Å². The topological polar surface area (TPSA) is 92.6 Å². The maximum Gasteiger partial charge on any atom is 0.301 e. The van der Waals surface area contributed by atoms with Crippen molar-refractivity contribution in [3.05, 3.63) is 89.3 Å². The summed E-state index contributed by atoms with van der Waals surface area (Å²) in [5, 5.41) is 11.6. The normalized spacial score (nSPS) is 17.5. The molecule has 1 aliphatic heterocycles. The number of fused-ring (bicyclic) bond motifs is 1. The second-order valence-corrected chi connectivity index (χ2v) is 10.8. The number of ketones is 1. The Kier molecular flexibility index (Phi) is 6.29. The van der Waals surface area contributed by atoms with Crippen LogP contribution in [0.1, 0.15) is 50.4 Å². The van der Waals surface area contributed by atoms with Gasteiger partial charge in [0.25, 0.3) is 5.78 Å². The molecule has 7 nitrogen and oxygen atoms in total. The van der Waals surface area contributed by atoms with E-state index in [1.807, 2.05) is 49.4 Å². The summed E-state index contributed by atoms with van der Waals surface area (Å²) in [5.41, 5.74) is 2.89. The number of aliphatic hydroxyl groups is 1. The number of anilines is 1. The van der Waals surface area contributed by atoms with Crippen molar-refractivity contribution in [3.8, 4) is 5.75 Å². The van der Waals surface area contributed by atoms with Gasteiger partial charge in [0, 0.05) is 18.0 Å². The van der Waals surface area contributed by atoms with E-state index in [0.717, 1.165) is 10.3 Å². The van der Waals surface area contributed by atoms with Crippen LogP contribution < -0.4 is 9.64 Å². The van der Waals surface area contributed by atoms with Gasteiger partial charge in [-0.2, -0.15) is 0 Å². The molecule has 2 aromatic heterocycles. The van der Waals surface area contributed by atoms with Crippen molar-refractivity contribution < 1.29 is 19.4 Å². The van der Waals surface area contributed by atoms with Crippen LogP contribution in [0.5, 0.6) is 5.75 Å². The SMILES string of the molecule is CCOc1ccc2nc(N3C(=O)C(=O)/C(=C(/O)c4ccncc4)C3c3ccc(C(C)(C)C)cc3)sc2c1. The molecular weight excluding hydrogens is 486 g/mol. The summed E-state index contributed by atoms with van der Waals surface area (Å²) < 4.78 is 6.44. The number of ether oxygens (including phenoxy) is 1. The predicted molar refractivity (Wildman–Crippen MR) is 145 cm³/mol. The Hall–Kier alpha value is -4.04. The molecule has 1 fully saturated rings. The minimum atomic E-state index is -0.839. The van der Waals surface area contributed by atoms with E-state index >= 15 is 0 Å². The highest BCUT2D eigenvalue weighted by atomic mass is 32.1. The van der Waals surface area contributed by atoms with Crippen LogP contribution in [-0.4, -0.2) is 33.4 Å². The lowest BCUT2D eigenvalue weighted by Gasteiger charge is -2.24. The van der Waals surface area contributed by atoms with Crippen molar-refractivity contribution in [2.24, 2.45) is 0 Å². The fourth-order valence-corrected chi connectivity index (χ4v) is 5.45. The fourth-order valence-electron chi connectivity index (χ4n) is 4.43. The van der Waals surface area contributed by atoms with Crippen LogP contribution in [0.4, 0.5) is 5.13 Å². The first-order valence-corrected chi connectivity index (χ1v) is 12.9. The molecule has 1 amide bonds. The number of nitrogens with zero attached hydrogens (tertiary/aromatic N) is 3. The highest BCUT2D eigenvalue weighted by Crippen LogP contribution is 2.45. The Labute approximate surface area is 219 Å². The molecule has 8 heteroatoms. The molecule has 1 aliphatic rings. The van der Waals surface area contributed by atoms with Crippen molar-refractivity contribution in [1.29, 1.82) is 0 Å². The summed E-state index contributed by atoms with van der Waals surface area (Å²) in [5.74, 6) is -1.02. The van der Waals surface area contributed by atoms with Gasteiger partial charge in [0.15, 0.2) is 5.13 Å². The number of pyridine rings is 1. The van der Waals surface area contributed by atoms with Gasteiger partial charge in [-0.05, 0) is 53.8 Å². The number of Topliss-reactive ketones (excluding diaryl/α,β-unsaturated/α-hetero) is 1. The van der Waals surface area contributed by atoms with Crippen molar-refractivity contribution in [2.75, 3.05) is 11.5 Å². The number of benzene rings is 2. The number of carbonyl (C=O) groups is 2. The molecule has 0 aliphatic carbocycles. The number of hydrogen-bond donors (Lipinski definition) is 1. The predicted octanol–water partition coefficient (Wildman–Crippen LogP) is 6.01. The lowest BCUT2D eigenvalue weighted by molar-refractivity contribution is -0.132. The molecule has 0 radical (unpaired) electrons. The summed E-state index contributed by atoms with van der Waals surface area (Å²) in [6, 6.07) is 15.7. The first kappa shape index (κ1) is 24.6. The van der Waals surface area contributed by atoms with E-state index in [4.69, 9.17) is 4.74 Å². The smallest absolute Gasteiger partial charge is 0.301 e. The molecule has 4 aromatic rings. The minimum absolute atomic E-state index is 0.0222. The number of rotatable bonds is 5. The van der Waals surface area contributed by atoms with Gasteiger partial charge in [0.05, 0.1) is 28.4 Å². The van der Waals surface area contributed by atoms with Crippen LogP contribution in [0.25, 0.3) is 16.0 Å². The molecule has 188 valence electrons. The summed E-state index contributed by atoms with van der Waals surface area (Å²) in [6.07, 6.45) is 3.06. The van der Waals surface area contributed by atoms with E-state index in [-0.39, 0.29) is 16.7 Å². The molecule has 1 unspecified atom stereocenters. The summed E-state index contributed by atoms with van der Waals surface area (Å²) in [6.45, 7) is 8.81. The highest BCUT2D eigenvalue weighted by Gasteiger charge is 2.48. The number of amides is 1. The fraction of sp³-hybridized carbons (Fsp3) is 0.241. The first-order chi connectivity index (χ1) is 17.7. The van der Waals surface area contributed by atoms with Gasteiger partial charge in [-0.3, -0.25) is 19.5 Å². The van der Waals surface area contributed by atoms with E-state index in [0.29, 0.717) is 34.1 Å². The molecule has 0 bridgehead atoms. The molecule has 0 spiro atoms. The number of carbonyl (C=O) groups excluding carboxylic acids is 2. The maximum absolute atomic E-state index is 13.5. The van der Waals surface area contributed by atoms with E-state index in [9.17, 15) is 14.7 Å². The second kappa shape index (κ2) is 9.44. The quantitative estimate of drug-likeness (QED) is 0.199. The number of aliphatic hydroxyl groups excluding tert-OH is 1. The second-order valence-electron chi connectivity index (χ2n) is 9.84. The van der Waals surface area contributed by atoms with E-state index in [2.05, 4.69) is 30.7 Å². The van der Waals surface area contributed by atoms with Gasteiger partial charge in [-0.15, -0.1) is 0 Å². The molecule has 5 rings (SSSR count). The monoisotopic (exact) mass is 513 g/mol. The molecule has 37 heavy (non-hydrogen) atoms. The standard InChI is InChI=1S/C29H27N3O4S/c1-5-36-20-10-11-21-22(16-20)37-28(31-21)32-24(17-6-8-19(9-7-17)29(2,3)4)23(26(34)27(32)35)25(33)18-12-14-30-15-13-18/h6-16,24,33H,5H2,1-4H3/b25-23+. The molecule has 1 atom stereocenters. The van der Waals surface area contributed by atoms with Crippen molar-refractivity contribution >= 4 is 44.1 Å².